The van der Waals surface area contributed by atoms with Crippen LogP contribution in [0.15, 0.2) is 12.2 Å². The molecule has 1 unspecified atom stereocenters. The smallest absolute Gasteiger partial charge is 0.306 e. The second-order valence-electron chi connectivity index (χ2n) is 4.25. The average Bonchev–Trinajstić information content (AvgIpc) is 2.70. The molecule has 0 saturated carbocycles. The minimum absolute atomic E-state index is 0.0250. The Morgan fingerprint density at radius 1 is 1.40 bits per heavy atom. The van der Waals surface area contributed by atoms with Crippen LogP contribution in [0.3, 0.4) is 0 Å². The Bertz CT molecular complexity index is 209. The minimum Gasteiger partial charge on any atom is -0.466 e. The van der Waals surface area contributed by atoms with Gasteiger partial charge in [-0.15, -0.1) is 0 Å². The molecular weight excluding hydrogens is 188 g/mol. The van der Waals surface area contributed by atoms with Crippen molar-refractivity contribution in [2.75, 3.05) is 6.61 Å². The van der Waals surface area contributed by atoms with Gasteiger partial charge in [0.15, 0.2) is 0 Å². The summed E-state index contributed by atoms with van der Waals surface area (Å²) in [4.78, 5) is 11.4. The lowest BCUT2D eigenvalue weighted by molar-refractivity contribution is -0.144. The first-order valence-electron chi connectivity index (χ1n) is 6.15. The quantitative estimate of drug-likeness (QED) is 0.365. The molecule has 86 valence electrons. The molecule has 0 aromatic rings. The molecule has 1 rings (SSSR count). The standard InChI is InChI=1S/C13H22O2/c1-2-3-4-7-10-15-13(14)11-12-8-5-6-9-12/h5,8,12H,2-4,6-7,9-11H2,1H3. The van der Waals surface area contributed by atoms with Gasteiger partial charge in [0.25, 0.3) is 0 Å². The molecule has 0 fully saturated rings. The van der Waals surface area contributed by atoms with Crippen molar-refractivity contribution in [2.45, 2.75) is 51.9 Å². The molecule has 2 heteroatoms. The van der Waals surface area contributed by atoms with Crippen LogP contribution in [0.4, 0.5) is 0 Å². The van der Waals surface area contributed by atoms with Crippen molar-refractivity contribution in [2.24, 2.45) is 5.92 Å². The lowest BCUT2D eigenvalue weighted by Gasteiger charge is -2.07. The van der Waals surface area contributed by atoms with E-state index in [-0.39, 0.29) is 5.97 Å². The van der Waals surface area contributed by atoms with Crippen molar-refractivity contribution in [3.05, 3.63) is 12.2 Å². The number of unbranched alkanes of at least 4 members (excludes halogenated alkanes) is 3. The van der Waals surface area contributed by atoms with E-state index in [0.717, 1.165) is 19.3 Å². The zero-order valence-corrected chi connectivity index (χ0v) is 9.71. The SMILES string of the molecule is CCCCCCOC(=O)CC1C=CCC1. The number of carbonyl (C=O) groups is 1. The monoisotopic (exact) mass is 210 g/mol. The van der Waals surface area contributed by atoms with Gasteiger partial charge in [0.1, 0.15) is 0 Å². The van der Waals surface area contributed by atoms with Crippen LogP contribution in [0.1, 0.15) is 51.9 Å². The molecule has 0 aromatic heterocycles. The van der Waals surface area contributed by atoms with E-state index in [2.05, 4.69) is 19.1 Å². The van der Waals surface area contributed by atoms with E-state index in [1.54, 1.807) is 0 Å². The summed E-state index contributed by atoms with van der Waals surface area (Å²) < 4.78 is 5.18. The number of hydrogen-bond donors (Lipinski definition) is 0. The van der Waals surface area contributed by atoms with Gasteiger partial charge in [-0.05, 0) is 25.2 Å². The number of ether oxygens (including phenoxy) is 1. The molecule has 1 aliphatic carbocycles. The van der Waals surface area contributed by atoms with Gasteiger partial charge in [0.2, 0.25) is 0 Å². The van der Waals surface area contributed by atoms with Crippen LogP contribution in [0, 0.1) is 5.92 Å². The van der Waals surface area contributed by atoms with E-state index in [0.29, 0.717) is 18.9 Å². The third kappa shape index (κ3) is 5.60. The first kappa shape index (κ1) is 12.3. The molecule has 0 bridgehead atoms. The molecule has 15 heavy (non-hydrogen) atoms. The molecule has 0 N–H and O–H groups in total. The molecule has 1 atom stereocenters. The first-order valence-corrected chi connectivity index (χ1v) is 6.15. The Morgan fingerprint density at radius 2 is 2.27 bits per heavy atom. The van der Waals surface area contributed by atoms with Crippen LogP contribution >= 0.6 is 0 Å². The van der Waals surface area contributed by atoms with Crippen LogP contribution in [-0.4, -0.2) is 12.6 Å². The highest BCUT2D eigenvalue weighted by atomic mass is 16.5. The third-order valence-corrected chi connectivity index (χ3v) is 2.80. The van der Waals surface area contributed by atoms with Gasteiger partial charge in [-0.3, -0.25) is 4.79 Å². The molecule has 0 radical (unpaired) electrons. The first-order chi connectivity index (χ1) is 7.33. The summed E-state index contributed by atoms with van der Waals surface area (Å²) in [6.45, 7) is 2.79. The lowest BCUT2D eigenvalue weighted by atomic mass is 10.1. The van der Waals surface area contributed by atoms with E-state index in [4.69, 9.17) is 4.74 Å². The topological polar surface area (TPSA) is 26.3 Å². The Labute approximate surface area is 92.7 Å². The summed E-state index contributed by atoms with van der Waals surface area (Å²) in [6, 6.07) is 0. The van der Waals surface area contributed by atoms with Crippen molar-refractivity contribution in [1.82, 2.24) is 0 Å². The largest absolute Gasteiger partial charge is 0.466 e. The predicted octanol–water partition coefficient (Wildman–Crippen LogP) is 3.47. The third-order valence-electron chi connectivity index (χ3n) is 2.80. The fourth-order valence-electron chi connectivity index (χ4n) is 1.85. The summed E-state index contributed by atoms with van der Waals surface area (Å²) in [5, 5.41) is 0. The van der Waals surface area contributed by atoms with E-state index >= 15 is 0 Å². The normalized spacial score (nSPS) is 19.4. The average molecular weight is 210 g/mol. The van der Waals surface area contributed by atoms with Crippen LogP contribution in [0.25, 0.3) is 0 Å². The van der Waals surface area contributed by atoms with Crippen molar-refractivity contribution in [3.63, 3.8) is 0 Å². The van der Waals surface area contributed by atoms with Crippen molar-refractivity contribution in [1.29, 1.82) is 0 Å². The fraction of sp³-hybridized carbons (Fsp3) is 0.769. The number of carbonyl (C=O) groups excluding carboxylic acids is 1. The van der Waals surface area contributed by atoms with Crippen molar-refractivity contribution >= 4 is 5.97 Å². The molecule has 0 aliphatic heterocycles. The van der Waals surface area contributed by atoms with Crippen LogP contribution < -0.4 is 0 Å². The van der Waals surface area contributed by atoms with Gasteiger partial charge >= 0.3 is 5.97 Å². The summed E-state index contributed by atoms with van der Waals surface area (Å²) in [7, 11) is 0. The Kier molecular flexibility index (Phi) is 6.14. The molecule has 1 aliphatic rings. The summed E-state index contributed by atoms with van der Waals surface area (Å²) in [5.74, 6) is 0.413. The highest BCUT2D eigenvalue weighted by molar-refractivity contribution is 5.70. The number of allylic oxidation sites excluding steroid dienone is 2. The Balaban J connectivity index is 1.96. The second kappa shape index (κ2) is 7.49. The second-order valence-corrected chi connectivity index (χ2v) is 4.25. The molecule has 0 spiro atoms. The Hall–Kier alpha value is -0.790. The van der Waals surface area contributed by atoms with Gasteiger partial charge < -0.3 is 4.74 Å². The molecule has 2 nitrogen and oxygen atoms in total. The van der Waals surface area contributed by atoms with Crippen LogP contribution in [0.2, 0.25) is 0 Å². The molecule has 0 heterocycles. The van der Waals surface area contributed by atoms with Gasteiger partial charge in [0, 0.05) is 0 Å². The Morgan fingerprint density at radius 3 is 2.93 bits per heavy atom. The van der Waals surface area contributed by atoms with Gasteiger partial charge in [0.05, 0.1) is 13.0 Å². The van der Waals surface area contributed by atoms with Crippen molar-refractivity contribution in [3.8, 4) is 0 Å². The maximum absolute atomic E-state index is 11.4. The highest BCUT2D eigenvalue weighted by Crippen LogP contribution is 2.20. The maximum atomic E-state index is 11.4. The molecular formula is C13H22O2. The number of hydrogen-bond acceptors (Lipinski definition) is 2. The molecule has 0 aromatic carbocycles. The zero-order valence-electron chi connectivity index (χ0n) is 9.71. The summed E-state index contributed by atoms with van der Waals surface area (Å²) in [6.07, 6.45) is 11.7. The predicted molar refractivity (Wildman–Crippen MR) is 61.6 cm³/mol. The summed E-state index contributed by atoms with van der Waals surface area (Å²) in [5.41, 5.74) is 0. The van der Waals surface area contributed by atoms with E-state index in [1.165, 1.54) is 19.3 Å². The minimum atomic E-state index is -0.0250. The van der Waals surface area contributed by atoms with Gasteiger partial charge in [-0.1, -0.05) is 38.3 Å². The van der Waals surface area contributed by atoms with Gasteiger partial charge in [-0.25, -0.2) is 0 Å². The van der Waals surface area contributed by atoms with E-state index in [1.807, 2.05) is 0 Å². The fourth-order valence-corrected chi connectivity index (χ4v) is 1.85. The number of rotatable bonds is 7. The van der Waals surface area contributed by atoms with Crippen molar-refractivity contribution < 1.29 is 9.53 Å². The van der Waals surface area contributed by atoms with Gasteiger partial charge in [-0.2, -0.15) is 0 Å². The van der Waals surface area contributed by atoms with E-state index in [9.17, 15) is 4.79 Å². The molecule has 0 amide bonds. The highest BCUT2D eigenvalue weighted by Gasteiger charge is 2.14. The van der Waals surface area contributed by atoms with Crippen LogP contribution in [-0.2, 0) is 9.53 Å². The maximum Gasteiger partial charge on any atom is 0.306 e. The molecule has 0 saturated heterocycles. The van der Waals surface area contributed by atoms with E-state index < -0.39 is 0 Å². The number of esters is 1. The zero-order chi connectivity index (χ0) is 10.9. The summed E-state index contributed by atoms with van der Waals surface area (Å²) >= 11 is 0. The lowest BCUT2D eigenvalue weighted by Crippen LogP contribution is -2.09. The van der Waals surface area contributed by atoms with Crippen LogP contribution in [0.5, 0.6) is 0 Å².